The molecule has 1 aromatic heterocycles. The van der Waals surface area contributed by atoms with Crippen molar-refractivity contribution in [2.75, 3.05) is 32.7 Å². The van der Waals surface area contributed by atoms with Gasteiger partial charge in [0.1, 0.15) is 0 Å². The first kappa shape index (κ1) is 17.9. The van der Waals surface area contributed by atoms with Crippen LogP contribution in [0.2, 0.25) is 0 Å². The number of piperidine rings is 1. The SMILES string of the molecule is CCn1cc(CN2CCC(CCN3C[C@@H](C)O[C@@H](C)C3)CC2)cn1. The Balaban J connectivity index is 1.36. The van der Waals surface area contributed by atoms with E-state index in [4.69, 9.17) is 4.74 Å². The van der Waals surface area contributed by atoms with Crippen LogP contribution in [0.1, 0.15) is 45.6 Å². The molecule has 0 aliphatic carbocycles. The summed E-state index contributed by atoms with van der Waals surface area (Å²) in [5, 5.41) is 4.38. The molecule has 1 aromatic rings. The predicted molar refractivity (Wildman–Crippen MR) is 97.0 cm³/mol. The molecule has 2 fully saturated rings. The fraction of sp³-hybridized carbons (Fsp3) is 0.842. The number of morpholine rings is 1. The van der Waals surface area contributed by atoms with Crippen LogP contribution in [-0.4, -0.2) is 64.5 Å². The second-order valence-corrected chi connectivity index (χ2v) is 7.73. The highest BCUT2D eigenvalue weighted by atomic mass is 16.5. The van der Waals surface area contributed by atoms with Gasteiger partial charge in [-0.3, -0.25) is 14.5 Å². The molecule has 2 aliphatic heterocycles. The summed E-state index contributed by atoms with van der Waals surface area (Å²) < 4.78 is 7.85. The molecular weight excluding hydrogens is 300 g/mol. The van der Waals surface area contributed by atoms with Crippen LogP contribution in [0, 0.1) is 5.92 Å². The van der Waals surface area contributed by atoms with E-state index >= 15 is 0 Å². The normalized spacial score (nSPS) is 27.6. The number of hydrogen-bond donors (Lipinski definition) is 0. The largest absolute Gasteiger partial charge is 0.373 e. The van der Waals surface area contributed by atoms with Gasteiger partial charge in [-0.25, -0.2) is 0 Å². The van der Waals surface area contributed by atoms with Gasteiger partial charge in [-0.2, -0.15) is 5.10 Å². The highest BCUT2D eigenvalue weighted by molar-refractivity contribution is 5.03. The molecule has 0 unspecified atom stereocenters. The summed E-state index contributed by atoms with van der Waals surface area (Å²) in [6.45, 7) is 14.5. The molecule has 0 saturated carbocycles. The van der Waals surface area contributed by atoms with Gasteiger partial charge in [-0.15, -0.1) is 0 Å². The first-order chi connectivity index (χ1) is 11.6. The molecule has 2 saturated heterocycles. The van der Waals surface area contributed by atoms with Crippen LogP contribution in [-0.2, 0) is 17.8 Å². The van der Waals surface area contributed by atoms with Crippen molar-refractivity contribution < 1.29 is 4.74 Å². The van der Waals surface area contributed by atoms with Crippen molar-refractivity contribution in [3.05, 3.63) is 18.0 Å². The van der Waals surface area contributed by atoms with E-state index in [-0.39, 0.29) is 0 Å². The van der Waals surface area contributed by atoms with E-state index in [9.17, 15) is 0 Å². The van der Waals surface area contributed by atoms with Gasteiger partial charge in [0.25, 0.3) is 0 Å². The maximum atomic E-state index is 5.83. The number of aromatic nitrogens is 2. The number of nitrogens with zero attached hydrogens (tertiary/aromatic N) is 4. The van der Waals surface area contributed by atoms with Gasteiger partial charge in [0.2, 0.25) is 0 Å². The van der Waals surface area contributed by atoms with E-state index in [1.54, 1.807) is 0 Å². The number of aryl methyl sites for hydroxylation is 1. The summed E-state index contributed by atoms with van der Waals surface area (Å²) >= 11 is 0. The Labute approximate surface area is 146 Å². The van der Waals surface area contributed by atoms with Gasteiger partial charge in [-0.05, 0) is 65.6 Å². The quantitative estimate of drug-likeness (QED) is 0.801. The van der Waals surface area contributed by atoms with Gasteiger partial charge in [0.15, 0.2) is 0 Å². The Kier molecular flexibility index (Phi) is 6.31. The van der Waals surface area contributed by atoms with Crippen molar-refractivity contribution in [3.63, 3.8) is 0 Å². The van der Waals surface area contributed by atoms with Gasteiger partial charge in [0, 0.05) is 37.9 Å². The van der Waals surface area contributed by atoms with Crippen molar-refractivity contribution >= 4 is 0 Å². The molecule has 0 spiro atoms. The molecule has 0 bridgehead atoms. The summed E-state index contributed by atoms with van der Waals surface area (Å²) in [6.07, 6.45) is 9.03. The Morgan fingerprint density at radius 2 is 1.83 bits per heavy atom. The van der Waals surface area contributed by atoms with Crippen LogP contribution in [0.5, 0.6) is 0 Å². The average Bonchev–Trinajstić information content (AvgIpc) is 3.01. The molecule has 24 heavy (non-hydrogen) atoms. The fourth-order valence-electron chi connectivity index (χ4n) is 4.18. The Hall–Kier alpha value is -0.910. The van der Waals surface area contributed by atoms with E-state index in [1.807, 2.05) is 10.9 Å². The van der Waals surface area contributed by atoms with Crippen molar-refractivity contribution in [3.8, 4) is 0 Å². The lowest BCUT2D eigenvalue weighted by molar-refractivity contribution is -0.0693. The fourth-order valence-corrected chi connectivity index (χ4v) is 4.18. The first-order valence-corrected chi connectivity index (χ1v) is 9.74. The summed E-state index contributed by atoms with van der Waals surface area (Å²) in [5.41, 5.74) is 1.35. The third-order valence-corrected chi connectivity index (χ3v) is 5.47. The van der Waals surface area contributed by atoms with E-state index < -0.39 is 0 Å². The smallest absolute Gasteiger partial charge is 0.0678 e. The molecule has 2 aliphatic rings. The predicted octanol–water partition coefficient (Wildman–Crippen LogP) is 2.61. The van der Waals surface area contributed by atoms with Gasteiger partial charge >= 0.3 is 0 Å². The zero-order valence-corrected chi connectivity index (χ0v) is 15.7. The molecule has 136 valence electrons. The number of rotatable bonds is 6. The lowest BCUT2D eigenvalue weighted by Gasteiger charge is -2.37. The maximum Gasteiger partial charge on any atom is 0.0678 e. The first-order valence-electron chi connectivity index (χ1n) is 9.74. The molecule has 3 rings (SSSR count). The zero-order chi connectivity index (χ0) is 16.9. The van der Waals surface area contributed by atoms with E-state index in [0.29, 0.717) is 12.2 Å². The highest BCUT2D eigenvalue weighted by Crippen LogP contribution is 2.23. The Morgan fingerprint density at radius 3 is 2.46 bits per heavy atom. The van der Waals surface area contributed by atoms with E-state index in [2.05, 4.69) is 41.9 Å². The van der Waals surface area contributed by atoms with Crippen LogP contribution in [0.3, 0.4) is 0 Å². The van der Waals surface area contributed by atoms with Crippen LogP contribution < -0.4 is 0 Å². The molecule has 0 aromatic carbocycles. The summed E-state index contributed by atoms with van der Waals surface area (Å²) in [7, 11) is 0. The lowest BCUT2D eigenvalue weighted by atomic mass is 9.93. The summed E-state index contributed by atoms with van der Waals surface area (Å²) in [4.78, 5) is 5.19. The average molecular weight is 335 g/mol. The lowest BCUT2D eigenvalue weighted by Crippen LogP contribution is -2.46. The molecule has 0 amide bonds. The monoisotopic (exact) mass is 334 g/mol. The van der Waals surface area contributed by atoms with E-state index in [0.717, 1.165) is 32.1 Å². The molecule has 5 nitrogen and oxygen atoms in total. The van der Waals surface area contributed by atoms with E-state index in [1.165, 1.54) is 44.5 Å². The highest BCUT2D eigenvalue weighted by Gasteiger charge is 2.24. The maximum absolute atomic E-state index is 5.83. The van der Waals surface area contributed by atoms with Crippen LogP contribution in [0.4, 0.5) is 0 Å². The van der Waals surface area contributed by atoms with Crippen LogP contribution in [0.15, 0.2) is 12.4 Å². The van der Waals surface area contributed by atoms with Crippen LogP contribution in [0.25, 0.3) is 0 Å². The standard InChI is InChI=1S/C19H34N4O/c1-4-23-15-19(11-20-23)14-21-8-5-18(6-9-21)7-10-22-12-16(2)24-17(3)13-22/h11,15-18H,4-10,12-14H2,1-3H3/t16-,17+. The second kappa shape index (κ2) is 8.45. The molecular formula is C19H34N4O. The minimum Gasteiger partial charge on any atom is -0.373 e. The number of likely N-dealkylation sites (tertiary alicyclic amines) is 1. The van der Waals surface area contributed by atoms with Crippen LogP contribution >= 0.6 is 0 Å². The van der Waals surface area contributed by atoms with Crippen molar-refractivity contribution in [1.82, 2.24) is 19.6 Å². The minimum absolute atomic E-state index is 0.389. The molecule has 3 heterocycles. The Bertz CT molecular complexity index is 485. The van der Waals surface area contributed by atoms with Crippen molar-refractivity contribution in [2.24, 2.45) is 5.92 Å². The topological polar surface area (TPSA) is 33.5 Å². The number of hydrogen-bond acceptors (Lipinski definition) is 4. The molecule has 5 heteroatoms. The second-order valence-electron chi connectivity index (χ2n) is 7.73. The van der Waals surface area contributed by atoms with Crippen molar-refractivity contribution in [1.29, 1.82) is 0 Å². The Morgan fingerprint density at radius 1 is 1.12 bits per heavy atom. The molecule has 0 N–H and O–H groups in total. The zero-order valence-electron chi connectivity index (χ0n) is 15.7. The third-order valence-electron chi connectivity index (χ3n) is 5.47. The van der Waals surface area contributed by atoms with Gasteiger partial charge < -0.3 is 4.74 Å². The number of ether oxygens (including phenoxy) is 1. The van der Waals surface area contributed by atoms with Crippen molar-refractivity contribution in [2.45, 2.75) is 65.3 Å². The summed E-state index contributed by atoms with van der Waals surface area (Å²) in [6, 6.07) is 0. The van der Waals surface area contributed by atoms with Gasteiger partial charge in [0.05, 0.1) is 18.4 Å². The summed E-state index contributed by atoms with van der Waals surface area (Å²) in [5.74, 6) is 0.896. The minimum atomic E-state index is 0.389. The van der Waals surface area contributed by atoms with Gasteiger partial charge in [-0.1, -0.05) is 0 Å². The molecule has 2 atom stereocenters. The third kappa shape index (κ3) is 5.04. The molecule has 0 radical (unpaired) electrons.